The summed E-state index contributed by atoms with van der Waals surface area (Å²) >= 11 is 5.83. The molecule has 0 aliphatic carbocycles. The molecular weight excluding hydrogens is 393 g/mol. The number of hydrogen-bond acceptors (Lipinski definition) is 2. The Hall–Kier alpha value is -0.400. The van der Waals surface area contributed by atoms with E-state index in [1.54, 1.807) is 0 Å². The first-order chi connectivity index (χ1) is 8.06. The molecule has 1 unspecified atom stereocenters. The number of aromatic nitrogens is 2. The second kappa shape index (κ2) is 5.49. The maximum Gasteiger partial charge on any atom is 0.0657 e. The van der Waals surface area contributed by atoms with Gasteiger partial charge in [0.2, 0.25) is 0 Å². The van der Waals surface area contributed by atoms with E-state index in [1.807, 2.05) is 24.0 Å². The summed E-state index contributed by atoms with van der Waals surface area (Å²) in [6.07, 6.45) is 4.70. The predicted molar refractivity (Wildman–Crippen MR) is 81.3 cm³/mol. The van der Waals surface area contributed by atoms with Crippen LogP contribution in [0.5, 0.6) is 0 Å². The molecule has 5 heteroatoms. The lowest BCUT2D eigenvalue weighted by atomic mass is 10.1. The molecule has 0 amide bonds. The number of halogens is 2. The highest BCUT2D eigenvalue weighted by Crippen LogP contribution is 2.22. The minimum absolute atomic E-state index is 0.169. The summed E-state index contributed by atoms with van der Waals surface area (Å²) in [6.45, 7) is 2.01. The fraction of sp³-hybridized carbons (Fsp3) is 0.250. The zero-order valence-corrected chi connectivity index (χ0v) is 13.1. The van der Waals surface area contributed by atoms with E-state index in [4.69, 9.17) is 5.73 Å². The van der Waals surface area contributed by atoms with Crippen molar-refractivity contribution in [3.8, 4) is 5.69 Å². The fourth-order valence-electron chi connectivity index (χ4n) is 1.63. The average molecular weight is 406 g/mol. The summed E-state index contributed by atoms with van der Waals surface area (Å²) < 4.78 is 4.07. The Kier molecular flexibility index (Phi) is 4.22. The fourth-order valence-corrected chi connectivity index (χ4v) is 2.55. The molecule has 3 nitrogen and oxygen atoms in total. The summed E-state index contributed by atoms with van der Waals surface area (Å²) in [7, 11) is 0. The van der Waals surface area contributed by atoms with E-state index in [0.717, 1.165) is 20.2 Å². The second-order valence-corrected chi connectivity index (χ2v) is 6.16. The van der Waals surface area contributed by atoms with Crippen molar-refractivity contribution in [2.24, 2.45) is 5.73 Å². The van der Waals surface area contributed by atoms with Crippen molar-refractivity contribution in [3.05, 3.63) is 44.2 Å². The summed E-state index contributed by atoms with van der Waals surface area (Å²) in [4.78, 5) is 0. The van der Waals surface area contributed by atoms with Gasteiger partial charge < -0.3 is 5.73 Å². The molecule has 0 radical (unpaired) electrons. The van der Waals surface area contributed by atoms with Crippen LogP contribution in [-0.4, -0.2) is 15.8 Å². The van der Waals surface area contributed by atoms with E-state index in [1.165, 1.54) is 5.56 Å². The van der Waals surface area contributed by atoms with E-state index in [-0.39, 0.29) is 6.04 Å². The molecule has 1 aromatic heterocycles. The quantitative estimate of drug-likeness (QED) is 0.797. The molecule has 2 N–H and O–H groups in total. The van der Waals surface area contributed by atoms with Crippen LogP contribution in [-0.2, 0) is 6.42 Å². The topological polar surface area (TPSA) is 43.8 Å². The van der Waals surface area contributed by atoms with Crippen LogP contribution in [0.2, 0.25) is 0 Å². The second-order valence-electron chi connectivity index (χ2n) is 4.06. The van der Waals surface area contributed by atoms with Gasteiger partial charge in [-0.2, -0.15) is 5.10 Å². The Bertz CT molecular complexity index is 522. The van der Waals surface area contributed by atoms with Crippen molar-refractivity contribution in [2.45, 2.75) is 19.4 Å². The number of benzene rings is 1. The third kappa shape index (κ3) is 3.29. The van der Waals surface area contributed by atoms with Crippen LogP contribution in [0.25, 0.3) is 5.69 Å². The molecule has 17 heavy (non-hydrogen) atoms. The molecule has 0 aliphatic heterocycles. The molecule has 2 aromatic rings. The highest BCUT2D eigenvalue weighted by atomic mass is 127. The van der Waals surface area contributed by atoms with E-state index >= 15 is 0 Å². The summed E-state index contributed by atoms with van der Waals surface area (Å²) in [5.41, 5.74) is 8.08. The van der Waals surface area contributed by atoms with E-state index < -0.39 is 0 Å². The monoisotopic (exact) mass is 405 g/mol. The smallest absolute Gasteiger partial charge is 0.0657 e. The Balaban J connectivity index is 2.30. The van der Waals surface area contributed by atoms with Crippen LogP contribution in [0.4, 0.5) is 0 Å². The molecule has 2 rings (SSSR count). The van der Waals surface area contributed by atoms with E-state index in [9.17, 15) is 0 Å². The van der Waals surface area contributed by atoms with Crippen molar-refractivity contribution in [3.63, 3.8) is 0 Å². The van der Waals surface area contributed by atoms with Crippen molar-refractivity contribution in [1.82, 2.24) is 9.78 Å². The van der Waals surface area contributed by atoms with Crippen molar-refractivity contribution < 1.29 is 0 Å². The normalized spacial score (nSPS) is 12.7. The number of nitrogens with two attached hydrogens (primary N) is 1. The van der Waals surface area contributed by atoms with Crippen LogP contribution >= 0.6 is 38.5 Å². The molecule has 0 spiro atoms. The zero-order chi connectivity index (χ0) is 12.4. The SMILES string of the molecule is CC(N)Cc1ccc(-n2cc(I)cn2)cc1Br. The molecule has 1 atom stereocenters. The van der Waals surface area contributed by atoms with Gasteiger partial charge in [0.1, 0.15) is 0 Å². The van der Waals surface area contributed by atoms with Gasteiger partial charge in [-0.25, -0.2) is 4.68 Å². The standard InChI is InChI=1S/C12H13BrIN3/c1-8(15)4-9-2-3-11(5-12(9)13)17-7-10(14)6-16-17/h2-3,5-8H,4,15H2,1H3. The summed E-state index contributed by atoms with van der Waals surface area (Å²) in [6, 6.07) is 6.40. The number of rotatable bonds is 3. The van der Waals surface area contributed by atoms with Gasteiger partial charge in [-0.1, -0.05) is 22.0 Å². The molecule has 0 fully saturated rings. The molecule has 0 saturated heterocycles. The largest absolute Gasteiger partial charge is 0.328 e. The Morgan fingerprint density at radius 2 is 2.29 bits per heavy atom. The third-order valence-electron chi connectivity index (χ3n) is 2.39. The van der Waals surface area contributed by atoms with Gasteiger partial charge in [0.25, 0.3) is 0 Å². The van der Waals surface area contributed by atoms with E-state index in [0.29, 0.717) is 0 Å². The van der Waals surface area contributed by atoms with E-state index in [2.05, 4.69) is 61.8 Å². The van der Waals surface area contributed by atoms with Crippen molar-refractivity contribution >= 4 is 38.5 Å². The Labute approximate surface area is 123 Å². The van der Waals surface area contributed by atoms with Crippen LogP contribution < -0.4 is 5.73 Å². The molecule has 0 aliphatic rings. The Morgan fingerprint density at radius 3 is 2.82 bits per heavy atom. The summed E-state index contributed by atoms with van der Waals surface area (Å²) in [5.74, 6) is 0. The minimum atomic E-state index is 0.169. The average Bonchev–Trinajstić information content (AvgIpc) is 2.67. The highest BCUT2D eigenvalue weighted by molar-refractivity contribution is 14.1. The zero-order valence-electron chi connectivity index (χ0n) is 9.40. The first kappa shape index (κ1) is 13.0. The predicted octanol–water partition coefficient (Wildman–Crippen LogP) is 3.13. The van der Waals surface area contributed by atoms with Crippen LogP contribution in [0.1, 0.15) is 12.5 Å². The Morgan fingerprint density at radius 1 is 1.53 bits per heavy atom. The lowest BCUT2D eigenvalue weighted by Crippen LogP contribution is -2.18. The van der Waals surface area contributed by atoms with Gasteiger partial charge in [-0.3, -0.25) is 0 Å². The van der Waals surface area contributed by atoms with Gasteiger partial charge in [0.05, 0.1) is 15.5 Å². The van der Waals surface area contributed by atoms with Gasteiger partial charge in [0.15, 0.2) is 0 Å². The van der Waals surface area contributed by atoms with Gasteiger partial charge in [-0.05, 0) is 53.6 Å². The lowest BCUT2D eigenvalue weighted by molar-refractivity contribution is 0.735. The van der Waals surface area contributed by atoms with Crippen LogP contribution in [0, 0.1) is 3.57 Å². The minimum Gasteiger partial charge on any atom is -0.328 e. The van der Waals surface area contributed by atoms with Gasteiger partial charge in [-0.15, -0.1) is 0 Å². The third-order valence-corrected chi connectivity index (χ3v) is 3.69. The number of hydrogen-bond donors (Lipinski definition) is 1. The first-order valence-electron chi connectivity index (χ1n) is 5.31. The molecule has 0 saturated carbocycles. The summed E-state index contributed by atoms with van der Waals surface area (Å²) in [5, 5.41) is 4.28. The van der Waals surface area contributed by atoms with Crippen molar-refractivity contribution in [2.75, 3.05) is 0 Å². The first-order valence-corrected chi connectivity index (χ1v) is 7.18. The van der Waals surface area contributed by atoms with Gasteiger partial charge >= 0.3 is 0 Å². The molecule has 90 valence electrons. The van der Waals surface area contributed by atoms with Crippen LogP contribution in [0.3, 0.4) is 0 Å². The number of nitrogens with zero attached hydrogens (tertiary/aromatic N) is 2. The maximum absolute atomic E-state index is 5.81. The van der Waals surface area contributed by atoms with Crippen molar-refractivity contribution in [1.29, 1.82) is 0 Å². The molecule has 0 bridgehead atoms. The molecule has 1 aromatic carbocycles. The highest BCUT2D eigenvalue weighted by Gasteiger charge is 2.06. The molecule has 1 heterocycles. The lowest BCUT2D eigenvalue weighted by Gasteiger charge is -2.09. The maximum atomic E-state index is 5.81. The van der Waals surface area contributed by atoms with Crippen LogP contribution in [0.15, 0.2) is 35.1 Å². The molecular formula is C12H13BrIN3. The van der Waals surface area contributed by atoms with Gasteiger partial charge in [0, 0.05) is 16.7 Å².